The quantitative estimate of drug-likeness (QED) is 0.663. The second-order valence-corrected chi connectivity index (χ2v) is 8.45. The van der Waals surface area contributed by atoms with Gasteiger partial charge in [0.2, 0.25) is 0 Å². The normalized spacial score (nSPS) is 20.1. The zero-order valence-corrected chi connectivity index (χ0v) is 18.7. The number of morpholine rings is 2. The largest absolute Gasteiger partial charge is 0.379 e. The molecule has 32 heavy (non-hydrogen) atoms. The number of rotatable bonds is 8. The van der Waals surface area contributed by atoms with Crippen LogP contribution in [0.5, 0.6) is 0 Å². The van der Waals surface area contributed by atoms with Gasteiger partial charge >= 0.3 is 6.03 Å². The van der Waals surface area contributed by atoms with Crippen molar-refractivity contribution in [2.75, 3.05) is 64.4 Å². The molecule has 1 atom stereocenters. The number of nitrogens with one attached hydrogen (secondary N) is 2. The van der Waals surface area contributed by atoms with Crippen molar-refractivity contribution in [2.24, 2.45) is 0 Å². The summed E-state index contributed by atoms with van der Waals surface area (Å²) in [5, 5.41) is 5.87. The number of nitrogens with zero attached hydrogens (tertiary/aromatic N) is 2. The molecule has 4 rings (SSSR count). The van der Waals surface area contributed by atoms with Crippen molar-refractivity contribution in [2.45, 2.75) is 19.1 Å². The Balaban J connectivity index is 1.16. The Morgan fingerprint density at radius 3 is 2.44 bits per heavy atom. The van der Waals surface area contributed by atoms with E-state index >= 15 is 0 Å². The molecule has 2 amide bonds. The van der Waals surface area contributed by atoms with Gasteiger partial charge in [0.25, 0.3) is 0 Å². The number of urea groups is 1. The minimum atomic E-state index is -0.199. The highest BCUT2D eigenvalue weighted by atomic mass is 16.5. The summed E-state index contributed by atoms with van der Waals surface area (Å²) in [4.78, 5) is 17.1. The Bertz CT molecular complexity index is 825. The molecule has 0 radical (unpaired) electrons. The second-order valence-electron chi connectivity index (χ2n) is 8.45. The molecular weight excluding hydrogens is 404 g/mol. The van der Waals surface area contributed by atoms with Gasteiger partial charge in [0, 0.05) is 51.5 Å². The molecule has 2 aliphatic rings. The molecule has 2 aromatic carbocycles. The Hall–Kier alpha value is -2.45. The maximum Gasteiger partial charge on any atom is 0.319 e. The maximum absolute atomic E-state index is 12.3. The topological polar surface area (TPSA) is 66.1 Å². The summed E-state index contributed by atoms with van der Waals surface area (Å²) in [7, 11) is 0. The molecule has 2 fully saturated rings. The van der Waals surface area contributed by atoms with Crippen LogP contribution in [0.4, 0.5) is 10.5 Å². The fraction of sp³-hybridized carbons (Fsp3) is 0.480. The van der Waals surface area contributed by atoms with Gasteiger partial charge in [-0.05, 0) is 29.7 Å². The minimum absolute atomic E-state index is 0.000718. The van der Waals surface area contributed by atoms with E-state index in [4.69, 9.17) is 9.47 Å². The van der Waals surface area contributed by atoms with E-state index in [0.717, 1.165) is 64.6 Å². The van der Waals surface area contributed by atoms with Crippen LogP contribution in [-0.2, 0) is 22.4 Å². The van der Waals surface area contributed by atoms with Crippen LogP contribution < -0.4 is 10.6 Å². The standard InChI is InChI=1S/C25H34N4O3/c30-25(26-18-24-20-29(14-17-32-24)19-22-4-2-1-3-5-22)27-23-8-6-21(7-9-23)10-11-28-12-15-31-16-13-28/h1-9,24H,10-20H2,(H2,26,27,30). The van der Waals surface area contributed by atoms with E-state index in [1.807, 2.05) is 18.2 Å². The monoisotopic (exact) mass is 438 g/mol. The summed E-state index contributed by atoms with van der Waals surface area (Å²) in [6.07, 6.45) is 1.01. The van der Waals surface area contributed by atoms with Crippen molar-refractivity contribution < 1.29 is 14.3 Å². The summed E-state index contributed by atoms with van der Waals surface area (Å²) in [6, 6.07) is 18.4. The molecule has 2 aromatic rings. The van der Waals surface area contributed by atoms with E-state index in [1.165, 1.54) is 11.1 Å². The first-order chi connectivity index (χ1) is 15.7. The molecule has 2 saturated heterocycles. The van der Waals surface area contributed by atoms with Crippen LogP contribution in [-0.4, -0.2) is 81.0 Å². The van der Waals surface area contributed by atoms with Gasteiger partial charge in [0.15, 0.2) is 0 Å². The fourth-order valence-electron chi connectivity index (χ4n) is 4.14. The molecule has 2 aliphatic heterocycles. The average molecular weight is 439 g/mol. The van der Waals surface area contributed by atoms with E-state index in [2.05, 4.69) is 56.8 Å². The molecule has 1 unspecified atom stereocenters. The Labute approximate surface area is 190 Å². The smallest absolute Gasteiger partial charge is 0.319 e. The van der Waals surface area contributed by atoms with Crippen molar-refractivity contribution in [3.63, 3.8) is 0 Å². The van der Waals surface area contributed by atoms with Crippen molar-refractivity contribution in [1.82, 2.24) is 15.1 Å². The minimum Gasteiger partial charge on any atom is -0.379 e. The molecule has 2 heterocycles. The maximum atomic E-state index is 12.3. The number of benzene rings is 2. The van der Waals surface area contributed by atoms with E-state index in [1.54, 1.807) is 0 Å². The van der Waals surface area contributed by atoms with Gasteiger partial charge in [-0.25, -0.2) is 4.79 Å². The summed E-state index contributed by atoms with van der Waals surface area (Å²) in [5.41, 5.74) is 3.37. The molecule has 0 aliphatic carbocycles. The predicted molar refractivity (Wildman–Crippen MR) is 126 cm³/mol. The first kappa shape index (κ1) is 22.7. The van der Waals surface area contributed by atoms with E-state index in [0.29, 0.717) is 13.2 Å². The third-order valence-corrected chi connectivity index (χ3v) is 5.99. The lowest BCUT2D eigenvalue weighted by Gasteiger charge is -2.33. The van der Waals surface area contributed by atoms with Crippen LogP contribution in [0.15, 0.2) is 54.6 Å². The average Bonchev–Trinajstić information content (AvgIpc) is 2.84. The van der Waals surface area contributed by atoms with Crippen molar-refractivity contribution in [3.05, 3.63) is 65.7 Å². The van der Waals surface area contributed by atoms with Crippen molar-refractivity contribution in [3.8, 4) is 0 Å². The predicted octanol–water partition coefficient (Wildman–Crippen LogP) is 2.58. The first-order valence-corrected chi connectivity index (χ1v) is 11.6. The highest BCUT2D eigenvalue weighted by Crippen LogP contribution is 2.12. The van der Waals surface area contributed by atoms with Gasteiger partial charge < -0.3 is 20.1 Å². The molecule has 0 saturated carbocycles. The summed E-state index contributed by atoms with van der Waals surface area (Å²) in [5.74, 6) is 0. The number of carbonyl (C=O) groups is 1. The van der Waals surface area contributed by atoms with Crippen molar-refractivity contribution >= 4 is 11.7 Å². The highest BCUT2D eigenvalue weighted by molar-refractivity contribution is 5.89. The van der Waals surface area contributed by atoms with Gasteiger partial charge in [0.1, 0.15) is 0 Å². The lowest BCUT2D eigenvalue weighted by molar-refractivity contribution is -0.0285. The fourth-order valence-corrected chi connectivity index (χ4v) is 4.14. The van der Waals surface area contributed by atoms with E-state index in [9.17, 15) is 4.79 Å². The number of anilines is 1. The number of carbonyl (C=O) groups excluding carboxylic acids is 1. The van der Waals surface area contributed by atoms with Crippen LogP contribution in [0.3, 0.4) is 0 Å². The SMILES string of the molecule is O=C(NCC1CN(Cc2ccccc2)CCO1)Nc1ccc(CCN2CCOCC2)cc1. The molecule has 0 aromatic heterocycles. The molecule has 0 bridgehead atoms. The van der Waals surface area contributed by atoms with Gasteiger partial charge in [-0.2, -0.15) is 0 Å². The van der Waals surface area contributed by atoms with E-state index < -0.39 is 0 Å². The van der Waals surface area contributed by atoms with Crippen LogP contribution >= 0.6 is 0 Å². The van der Waals surface area contributed by atoms with Crippen LogP contribution in [0.25, 0.3) is 0 Å². The van der Waals surface area contributed by atoms with Gasteiger partial charge in [-0.3, -0.25) is 9.80 Å². The summed E-state index contributed by atoms with van der Waals surface area (Å²) < 4.78 is 11.2. The first-order valence-electron chi connectivity index (χ1n) is 11.6. The second kappa shape index (κ2) is 12.0. The summed E-state index contributed by atoms with van der Waals surface area (Å²) >= 11 is 0. The zero-order chi connectivity index (χ0) is 22.0. The summed E-state index contributed by atoms with van der Waals surface area (Å²) in [6.45, 7) is 8.53. The third kappa shape index (κ3) is 7.31. The number of hydrogen-bond acceptors (Lipinski definition) is 5. The Morgan fingerprint density at radius 2 is 1.66 bits per heavy atom. The number of hydrogen-bond donors (Lipinski definition) is 2. The Morgan fingerprint density at radius 1 is 0.906 bits per heavy atom. The lowest BCUT2D eigenvalue weighted by Crippen LogP contribution is -2.47. The molecule has 7 nitrogen and oxygen atoms in total. The molecular formula is C25H34N4O3. The highest BCUT2D eigenvalue weighted by Gasteiger charge is 2.21. The van der Waals surface area contributed by atoms with Gasteiger partial charge in [-0.1, -0.05) is 42.5 Å². The third-order valence-electron chi connectivity index (χ3n) is 5.99. The molecule has 2 N–H and O–H groups in total. The van der Waals surface area contributed by atoms with Crippen LogP contribution in [0.1, 0.15) is 11.1 Å². The Kier molecular flexibility index (Phi) is 8.50. The lowest BCUT2D eigenvalue weighted by atomic mass is 10.1. The van der Waals surface area contributed by atoms with Crippen molar-refractivity contribution in [1.29, 1.82) is 0 Å². The van der Waals surface area contributed by atoms with E-state index in [-0.39, 0.29) is 12.1 Å². The van der Waals surface area contributed by atoms with Crippen LogP contribution in [0.2, 0.25) is 0 Å². The molecule has 172 valence electrons. The number of ether oxygens (including phenoxy) is 2. The zero-order valence-electron chi connectivity index (χ0n) is 18.7. The van der Waals surface area contributed by atoms with Gasteiger partial charge in [0.05, 0.1) is 25.9 Å². The van der Waals surface area contributed by atoms with Gasteiger partial charge in [-0.15, -0.1) is 0 Å². The number of amides is 2. The molecule has 7 heteroatoms. The molecule has 0 spiro atoms. The van der Waals surface area contributed by atoms with Crippen LogP contribution in [0, 0.1) is 0 Å².